The smallest absolute Gasteiger partial charge is 0.135 e. The maximum absolute atomic E-state index is 4.47. The summed E-state index contributed by atoms with van der Waals surface area (Å²) in [4.78, 5) is 11.2. The Morgan fingerprint density at radius 2 is 1.64 bits per heavy atom. The molecule has 0 spiro atoms. The number of rotatable bonds is 3. The first kappa shape index (κ1) is 14.8. The van der Waals surface area contributed by atoms with E-state index in [2.05, 4.69) is 58.3 Å². The van der Waals surface area contributed by atoms with Crippen LogP contribution in [0.1, 0.15) is 36.8 Å². The Bertz CT molecular complexity index is 610. The lowest BCUT2D eigenvalue weighted by molar-refractivity contribution is 0.726. The third kappa shape index (κ3) is 3.38. The molecule has 4 nitrogen and oxygen atoms in total. The number of aryl methyl sites for hydroxylation is 2. The van der Waals surface area contributed by atoms with E-state index in [9.17, 15) is 0 Å². The molecule has 1 N–H and O–H groups in total. The average Bonchev–Trinajstić information content (AvgIpc) is 2.81. The predicted octanol–water partition coefficient (Wildman–Crippen LogP) is 4.22. The van der Waals surface area contributed by atoms with E-state index in [-0.39, 0.29) is 0 Å². The molecule has 1 aliphatic heterocycles. The predicted molar refractivity (Wildman–Crippen MR) is 91.9 cm³/mol. The normalized spacial score (nSPS) is 15.5. The van der Waals surface area contributed by atoms with Crippen molar-refractivity contribution in [1.29, 1.82) is 0 Å². The lowest BCUT2D eigenvalue weighted by Crippen LogP contribution is -2.25. The van der Waals surface area contributed by atoms with Crippen LogP contribution < -0.4 is 10.2 Å². The summed E-state index contributed by atoms with van der Waals surface area (Å²) in [5.41, 5.74) is 3.60. The third-order valence-corrected chi connectivity index (χ3v) is 4.32. The summed E-state index contributed by atoms with van der Waals surface area (Å²) < 4.78 is 0. The van der Waals surface area contributed by atoms with Crippen LogP contribution in [0.2, 0.25) is 0 Å². The first-order chi connectivity index (χ1) is 10.7. The second-order valence-electron chi connectivity index (χ2n) is 6.05. The molecule has 1 aromatic carbocycles. The van der Waals surface area contributed by atoms with Crippen LogP contribution >= 0.6 is 0 Å². The highest BCUT2D eigenvalue weighted by Crippen LogP contribution is 2.25. The summed E-state index contributed by atoms with van der Waals surface area (Å²) in [6.45, 7) is 6.43. The minimum atomic E-state index is 0.867. The summed E-state index contributed by atoms with van der Waals surface area (Å²) in [6, 6.07) is 8.38. The van der Waals surface area contributed by atoms with Crippen LogP contribution in [-0.4, -0.2) is 23.1 Å². The maximum atomic E-state index is 4.47. The topological polar surface area (TPSA) is 41.0 Å². The molecule has 0 unspecified atom stereocenters. The van der Waals surface area contributed by atoms with E-state index >= 15 is 0 Å². The molecule has 4 heteroatoms. The van der Waals surface area contributed by atoms with E-state index in [1.165, 1.54) is 36.8 Å². The molecule has 0 radical (unpaired) electrons. The van der Waals surface area contributed by atoms with Gasteiger partial charge in [-0.1, -0.05) is 31.0 Å². The highest BCUT2D eigenvalue weighted by molar-refractivity contribution is 5.65. The second-order valence-corrected chi connectivity index (χ2v) is 6.05. The second kappa shape index (κ2) is 6.77. The van der Waals surface area contributed by atoms with Crippen molar-refractivity contribution in [3.05, 3.63) is 41.7 Å². The van der Waals surface area contributed by atoms with Gasteiger partial charge in [0.1, 0.15) is 18.0 Å². The molecular weight excluding hydrogens is 272 g/mol. The standard InChI is InChI=1S/C18H24N4/c1-14-8-7-9-15(2)18(14)21-16-12-17(20-13-19-16)22-10-5-3-4-6-11-22/h7-9,12-13H,3-6,10-11H2,1-2H3,(H,19,20,21). The van der Waals surface area contributed by atoms with Crippen LogP contribution in [0.25, 0.3) is 0 Å². The molecule has 1 aliphatic rings. The van der Waals surface area contributed by atoms with Crippen molar-refractivity contribution < 1.29 is 0 Å². The number of hydrogen-bond acceptors (Lipinski definition) is 4. The molecule has 22 heavy (non-hydrogen) atoms. The van der Waals surface area contributed by atoms with Crippen molar-refractivity contribution >= 4 is 17.3 Å². The number of hydrogen-bond donors (Lipinski definition) is 1. The fourth-order valence-corrected chi connectivity index (χ4v) is 3.03. The van der Waals surface area contributed by atoms with Gasteiger partial charge >= 0.3 is 0 Å². The molecule has 1 saturated heterocycles. The molecule has 1 fully saturated rings. The maximum Gasteiger partial charge on any atom is 0.135 e. The Labute approximate surface area is 132 Å². The van der Waals surface area contributed by atoms with Gasteiger partial charge in [-0.25, -0.2) is 9.97 Å². The number of nitrogens with zero attached hydrogens (tertiary/aromatic N) is 3. The zero-order valence-corrected chi connectivity index (χ0v) is 13.5. The molecule has 2 heterocycles. The van der Waals surface area contributed by atoms with Gasteiger partial charge in [0.2, 0.25) is 0 Å². The van der Waals surface area contributed by atoms with Crippen molar-refractivity contribution in [2.75, 3.05) is 23.3 Å². The minimum Gasteiger partial charge on any atom is -0.356 e. The van der Waals surface area contributed by atoms with Crippen LogP contribution in [-0.2, 0) is 0 Å². The van der Waals surface area contributed by atoms with Gasteiger partial charge in [0, 0.05) is 24.8 Å². The summed E-state index contributed by atoms with van der Waals surface area (Å²) in [5, 5.41) is 3.46. The highest BCUT2D eigenvalue weighted by Gasteiger charge is 2.12. The monoisotopic (exact) mass is 296 g/mol. The van der Waals surface area contributed by atoms with Crippen molar-refractivity contribution in [1.82, 2.24) is 9.97 Å². The Morgan fingerprint density at radius 1 is 0.955 bits per heavy atom. The number of benzene rings is 1. The molecule has 0 aliphatic carbocycles. The zero-order valence-electron chi connectivity index (χ0n) is 13.5. The Morgan fingerprint density at radius 3 is 2.32 bits per heavy atom. The lowest BCUT2D eigenvalue weighted by Gasteiger charge is -2.21. The van der Waals surface area contributed by atoms with Crippen LogP contribution in [0.15, 0.2) is 30.6 Å². The van der Waals surface area contributed by atoms with Gasteiger partial charge < -0.3 is 10.2 Å². The van der Waals surface area contributed by atoms with Crippen molar-refractivity contribution in [2.24, 2.45) is 0 Å². The van der Waals surface area contributed by atoms with E-state index in [1.807, 2.05) is 0 Å². The van der Waals surface area contributed by atoms with Gasteiger partial charge in [0.05, 0.1) is 0 Å². The summed E-state index contributed by atoms with van der Waals surface area (Å²) in [7, 11) is 0. The number of anilines is 3. The zero-order chi connectivity index (χ0) is 15.4. The molecule has 0 amide bonds. The first-order valence-electron chi connectivity index (χ1n) is 8.14. The molecule has 0 bridgehead atoms. The Hall–Kier alpha value is -2.10. The van der Waals surface area contributed by atoms with Crippen molar-refractivity contribution in [2.45, 2.75) is 39.5 Å². The van der Waals surface area contributed by atoms with Gasteiger partial charge in [-0.15, -0.1) is 0 Å². The van der Waals surface area contributed by atoms with E-state index in [0.717, 1.165) is 30.4 Å². The van der Waals surface area contributed by atoms with Gasteiger partial charge in [-0.3, -0.25) is 0 Å². The summed E-state index contributed by atoms with van der Waals surface area (Å²) in [5.74, 6) is 1.90. The Balaban J connectivity index is 1.82. The molecule has 1 aromatic heterocycles. The third-order valence-electron chi connectivity index (χ3n) is 4.32. The van der Waals surface area contributed by atoms with Crippen LogP contribution in [0, 0.1) is 13.8 Å². The van der Waals surface area contributed by atoms with Crippen molar-refractivity contribution in [3.8, 4) is 0 Å². The van der Waals surface area contributed by atoms with Gasteiger partial charge in [0.15, 0.2) is 0 Å². The fourth-order valence-electron chi connectivity index (χ4n) is 3.03. The average molecular weight is 296 g/mol. The molecule has 0 saturated carbocycles. The van der Waals surface area contributed by atoms with Gasteiger partial charge in [0.25, 0.3) is 0 Å². The molecule has 0 atom stereocenters. The van der Waals surface area contributed by atoms with E-state index < -0.39 is 0 Å². The highest BCUT2D eigenvalue weighted by atomic mass is 15.2. The molecule has 2 aromatic rings. The van der Waals surface area contributed by atoms with Crippen molar-refractivity contribution in [3.63, 3.8) is 0 Å². The van der Waals surface area contributed by atoms with E-state index in [4.69, 9.17) is 0 Å². The lowest BCUT2D eigenvalue weighted by atomic mass is 10.1. The molecular formula is C18H24N4. The summed E-state index contributed by atoms with van der Waals surface area (Å²) in [6.07, 6.45) is 6.83. The first-order valence-corrected chi connectivity index (χ1v) is 8.14. The fraction of sp³-hybridized carbons (Fsp3) is 0.444. The van der Waals surface area contributed by atoms with Crippen LogP contribution in [0.4, 0.5) is 17.3 Å². The Kier molecular flexibility index (Phi) is 4.56. The van der Waals surface area contributed by atoms with Gasteiger partial charge in [-0.05, 0) is 37.8 Å². The number of nitrogens with one attached hydrogen (secondary N) is 1. The largest absolute Gasteiger partial charge is 0.356 e. The number of aromatic nitrogens is 2. The van der Waals surface area contributed by atoms with E-state index in [1.54, 1.807) is 6.33 Å². The summed E-state index contributed by atoms with van der Waals surface area (Å²) >= 11 is 0. The van der Waals surface area contributed by atoms with Crippen LogP contribution in [0.3, 0.4) is 0 Å². The quantitative estimate of drug-likeness (QED) is 0.921. The van der Waals surface area contributed by atoms with Gasteiger partial charge in [-0.2, -0.15) is 0 Å². The minimum absolute atomic E-state index is 0.867. The van der Waals surface area contributed by atoms with Crippen LogP contribution in [0.5, 0.6) is 0 Å². The molecule has 116 valence electrons. The van der Waals surface area contributed by atoms with E-state index in [0.29, 0.717) is 0 Å². The SMILES string of the molecule is Cc1cccc(C)c1Nc1cc(N2CCCCCC2)ncn1. The molecule has 3 rings (SSSR count). The number of para-hydroxylation sites is 1.